The third-order valence-corrected chi connectivity index (χ3v) is 4.31. The highest BCUT2D eigenvalue weighted by molar-refractivity contribution is 7.91. The van der Waals surface area contributed by atoms with Crippen LogP contribution < -0.4 is 0 Å². The van der Waals surface area contributed by atoms with Gasteiger partial charge in [-0.3, -0.25) is 4.79 Å². The number of Topliss-reactive ketones (excluding diaryl/α,β-unsaturated/α-hetero) is 1. The molecule has 2 aromatic rings. The molecule has 7 nitrogen and oxygen atoms in total. The molecule has 0 aliphatic carbocycles. The van der Waals surface area contributed by atoms with Crippen LogP contribution in [0.1, 0.15) is 24.3 Å². The van der Waals surface area contributed by atoms with Crippen LogP contribution in [0.2, 0.25) is 0 Å². The maximum absolute atomic E-state index is 11.9. The number of carbonyl (C=O) groups is 1. The zero-order chi connectivity index (χ0) is 14.0. The predicted molar refractivity (Wildman–Crippen MR) is 66.9 cm³/mol. The lowest BCUT2D eigenvalue weighted by atomic mass is 10.2. The van der Waals surface area contributed by atoms with Gasteiger partial charge in [-0.25, -0.2) is 23.1 Å². The number of sulfone groups is 1. The van der Waals surface area contributed by atoms with Crippen molar-refractivity contribution >= 4 is 15.6 Å². The van der Waals surface area contributed by atoms with E-state index in [1.54, 1.807) is 0 Å². The number of hydrogen-bond donors (Lipinski definition) is 0. The molecule has 0 N–H and O–H groups in total. The van der Waals surface area contributed by atoms with Crippen molar-refractivity contribution < 1.29 is 13.2 Å². The monoisotopic (exact) mass is 280 g/mol. The van der Waals surface area contributed by atoms with Gasteiger partial charge in [0, 0.05) is 6.92 Å². The second-order valence-electron chi connectivity index (χ2n) is 3.82. The van der Waals surface area contributed by atoms with Crippen molar-refractivity contribution in [1.29, 1.82) is 0 Å². The van der Waals surface area contributed by atoms with Gasteiger partial charge in [-0.2, -0.15) is 5.10 Å². The highest BCUT2D eigenvalue weighted by Crippen LogP contribution is 2.18. The average Bonchev–Trinajstić information content (AvgIpc) is 2.91. The lowest BCUT2D eigenvalue weighted by Crippen LogP contribution is -2.13. The van der Waals surface area contributed by atoms with Crippen LogP contribution in [0.25, 0.3) is 5.82 Å². The number of pyridine rings is 1. The number of rotatable bonds is 4. The summed E-state index contributed by atoms with van der Waals surface area (Å²) in [5, 5.41) is 3.88. The van der Waals surface area contributed by atoms with E-state index in [4.69, 9.17) is 0 Å². The van der Waals surface area contributed by atoms with E-state index in [1.807, 2.05) is 0 Å². The Morgan fingerprint density at radius 2 is 2.11 bits per heavy atom. The molecule has 0 aliphatic heterocycles. The maximum atomic E-state index is 11.9. The Hall–Kier alpha value is -2.09. The summed E-state index contributed by atoms with van der Waals surface area (Å²) in [5.41, 5.74) is -0.0742. The van der Waals surface area contributed by atoms with Crippen molar-refractivity contribution in [3.8, 4) is 5.82 Å². The van der Waals surface area contributed by atoms with Crippen LogP contribution in [-0.2, 0) is 9.84 Å². The van der Waals surface area contributed by atoms with Crippen LogP contribution in [-0.4, -0.2) is 39.7 Å². The molecule has 19 heavy (non-hydrogen) atoms. The summed E-state index contributed by atoms with van der Waals surface area (Å²) < 4.78 is 25.1. The molecule has 0 aliphatic rings. The molecule has 100 valence electrons. The lowest BCUT2D eigenvalue weighted by molar-refractivity contribution is 0.100. The van der Waals surface area contributed by atoms with E-state index < -0.39 is 15.6 Å². The number of hydrogen-bond acceptors (Lipinski definition) is 6. The fourth-order valence-corrected chi connectivity index (χ4v) is 2.62. The zero-order valence-electron chi connectivity index (χ0n) is 10.4. The standard InChI is InChI=1S/C11H12N4O3S/c1-3-19(17,18)9-4-5-10(14-11(9)8(2)16)15-7-12-6-13-15/h4-7H,3H2,1-2H3. The van der Waals surface area contributed by atoms with Gasteiger partial charge in [0.15, 0.2) is 21.4 Å². The largest absolute Gasteiger partial charge is 0.293 e. The van der Waals surface area contributed by atoms with E-state index in [0.29, 0.717) is 5.82 Å². The summed E-state index contributed by atoms with van der Waals surface area (Å²) in [6.45, 7) is 2.80. The second kappa shape index (κ2) is 4.88. The molecule has 0 amide bonds. The Labute approximate surface area is 110 Å². The quantitative estimate of drug-likeness (QED) is 0.763. The number of nitrogens with zero attached hydrogens (tertiary/aromatic N) is 4. The fourth-order valence-electron chi connectivity index (χ4n) is 1.55. The van der Waals surface area contributed by atoms with Crippen LogP contribution in [0.15, 0.2) is 29.7 Å². The Bertz CT molecular complexity index is 708. The molecule has 0 atom stereocenters. The first kappa shape index (κ1) is 13.3. The Morgan fingerprint density at radius 1 is 1.37 bits per heavy atom. The number of aromatic nitrogens is 4. The molecular weight excluding hydrogens is 268 g/mol. The van der Waals surface area contributed by atoms with Crippen molar-refractivity contribution in [2.75, 3.05) is 5.75 Å². The summed E-state index contributed by atoms with van der Waals surface area (Å²) in [4.78, 5) is 19.4. The number of ketones is 1. The zero-order valence-corrected chi connectivity index (χ0v) is 11.3. The summed E-state index contributed by atoms with van der Waals surface area (Å²) in [7, 11) is -3.49. The van der Waals surface area contributed by atoms with Crippen LogP contribution in [0.3, 0.4) is 0 Å². The molecule has 8 heteroatoms. The van der Waals surface area contributed by atoms with Gasteiger partial charge in [0.25, 0.3) is 0 Å². The van der Waals surface area contributed by atoms with E-state index in [0.717, 1.165) is 0 Å². The summed E-state index contributed by atoms with van der Waals surface area (Å²) in [6.07, 6.45) is 2.74. The molecule has 0 saturated heterocycles. The Morgan fingerprint density at radius 3 is 2.63 bits per heavy atom. The van der Waals surface area contributed by atoms with Gasteiger partial charge in [-0.1, -0.05) is 6.92 Å². The van der Waals surface area contributed by atoms with Gasteiger partial charge in [0.05, 0.1) is 10.6 Å². The molecule has 0 spiro atoms. The average molecular weight is 280 g/mol. The molecule has 0 radical (unpaired) electrons. The van der Waals surface area contributed by atoms with E-state index >= 15 is 0 Å². The first-order valence-electron chi connectivity index (χ1n) is 5.55. The predicted octanol–water partition coefficient (Wildman–Crippen LogP) is 0.658. The van der Waals surface area contributed by atoms with Crippen LogP contribution >= 0.6 is 0 Å². The number of carbonyl (C=O) groups excluding carboxylic acids is 1. The van der Waals surface area contributed by atoms with Gasteiger partial charge >= 0.3 is 0 Å². The topological polar surface area (TPSA) is 94.8 Å². The van der Waals surface area contributed by atoms with E-state index in [1.165, 1.54) is 43.3 Å². The normalized spacial score (nSPS) is 11.5. The molecule has 2 heterocycles. The van der Waals surface area contributed by atoms with Crippen molar-refractivity contribution in [1.82, 2.24) is 19.7 Å². The molecule has 0 fully saturated rings. The summed E-state index contributed by atoms with van der Waals surface area (Å²) in [6, 6.07) is 2.86. The van der Waals surface area contributed by atoms with Crippen molar-refractivity contribution in [3.05, 3.63) is 30.5 Å². The summed E-state index contributed by atoms with van der Waals surface area (Å²) in [5.74, 6) is -0.149. The minimum atomic E-state index is -3.49. The van der Waals surface area contributed by atoms with E-state index in [2.05, 4.69) is 15.1 Å². The minimum absolute atomic E-state index is 0.0497. The van der Waals surface area contributed by atoms with Crippen LogP contribution in [0.4, 0.5) is 0 Å². The molecule has 0 unspecified atom stereocenters. The minimum Gasteiger partial charge on any atom is -0.293 e. The van der Waals surface area contributed by atoms with Gasteiger partial charge in [0.2, 0.25) is 0 Å². The SMILES string of the molecule is CCS(=O)(=O)c1ccc(-n2cncn2)nc1C(C)=O. The highest BCUT2D eigenvalue weighted by atomic mass is 32.2. The third-order valence-electron chi connectivity index (χ3n) is 2.55. The van der Waals surface area contributed by atoms with Gasteiger partial charge in [0.1, 0.15) is 18.3 Å². The Kier molecular flexibility index (Phi) is 3.43. The second-order valence-corrected chi connectivity index (χ2v) is 6.06. The van der Waals surface area contributed by atoms with E-state index in [9.17, 15) is 13.2 Å². The molecule has 2 rings (SSSR count). The van der Waals surface area contributed by atoms with Gasteiger partial charge < -0.3 is 0 Å². The molecule has 0 aromatic carbocycles. The van der Waals surface area contributed by atoms with E-state index in [-0.39, 0.29) is 16.3 Å². The highest BCUT2D eigenvalue weighted by Gasteiger charge is 2.21. The molecular formula is C11H12N4O3S. The van der Waals surface area contributed by atoms with Crippen LogP contribution in [0.5, 0.6) is 0 Å². The fraction of sp³-hybridized carbons (Fsp3) is 0.273. The van der Waals surface area contributed by atoms with Crippen molar-refractivity contribution in [3.63, 3.8) is 0 Å². The third kappa shape index (κ3) is 2.53. The molecule has 0 saturated carbocycles. The van der Waals surface area contributed by atoms with Crippen molar-refractivity contribution in [2.45, 2.75) is 18.7 Å². The van der Waals surface area contributed by atoms with Crippen LogP contribution in [0, 0.1) is 0 Å². The molecule has 0 bridgehead atoms. The lowest BCUT2D eigenvalue weighted by Gasteiger charge is -2.08. The van der Waals surface area contributed by atoms with Crippen molar-refractivity contribution in [2.24, 2.45) is 0 Å². The molecule has 2 aromatic heterocycles. The smallest absolute Gasteiger partial charge is 0.180 e. The first-order chi connectivity index (χ1) is 8.95. The Balaban J connectivity index is 2.63. The van der Waals surface area contributed by atoms with Gasteiger partial charge in [-0.05, 0) is 12.1 Å². The van der Waals surface area contributed by atoms with Gasteiger partial charge in [-0.15, -0.1) is 0 Å². The first-order valence-corrected chi connectivity index (χ1v) is 7.20. The summed E-state index contributed by atoms with van der Waals surface area (Å²) >= 11 is 0. The maximum Gasteiger partial charge on any atom is 0.180 e.